The molecule has 0 aliphatic heterocycles. The summed E-state index contributed by atoms with van der Waals surface area (Å²) in [5.74, 6) is -1.42. The average Bonchev–Trinajstić information content (AvgIpc) is 3.09. The van der Waals surface area contributed by atoms with E-state index in [-0.39, 0.29) is 5.56 Å². The molecule has 0 atom stereocenters. The van der Waals surface area contributed by atoms with E-state index in [1.165, 1.54) is 6.07 Å². The molecule has 0 fully saturated rings. The number of hydrogen-bond acceptors (Lipinski definition) is 3. The summed E-state index contributed by atoms with van der Waals surface area (Å²) in [4.78, 5) is 27.5. The highest BCUT2D eigenvalue weighted by molar-refractivity contribution is 6.09. The third-order valence-electron chi connectivity index (χ3n) is 4.24. The normalized spacial score (nSPS) is 11.6. The topological polar surface area (TPSA) is 59.2 Å². The summed E-state index contributed by atoms with van der Waals surface area (Å²) in [6.07, 6.45) is -2.23. The van der Waals surface area contributed by atoms with Crippen LogP contribution in [0, 0.1) is 0 Å². The lowest BCUT2D eigenvalue weighted by Gasteiger charge is -2.08. The van der Waals surface area contributed by atoms with Crippen molar-refractivity contribution in [2.24, 2.45) is 0 Å². The summed E-state index contributed by atoms with van der Waals surface area (Å²) < 4.78 is 43.1. The number of hydrogen-bond donors (Lipinski definition) is 1. The Kier molecular flexibility index (Phi) is 5.03. The Bertz CT molecular complexity index is 1010. The minimum Gasteiger partial charge on any atom is -0.454 e. The predicted octanol–water partition coefficient (Wildman–Crippen LogP) is 4.79. The van der Waals surface area contributed by atoms with Gasteiger partial charge in [-0.1, -0.05) is 31.2 Å². The summed E-state index contributed by atoms with van der Waals surface area (Å²) in [6.45, 7) is 1.44. The zero-order valence-electron chi connectivity index (χ0n) is 14.4. The maximum Gasteiger partial charge on any atom is 0.416 e. The number of aryl methyl sites for hydroxylation is 1. The number of H-pyrrole nitrogens is 1. The molecule has 7 heteroatoms. The van der Waals surface area contributed by atoms with Crippen LogP contribution in [0.1, 0.15) is 38.8 Å². The van der Waals surface area contributed by atoms with E-state index in [0.717, 1.165) is 35.0 Å². The molecular weight excluding hydrogens is 359 g/mol. The summed E-state index contributed by atoms with van der Waals surface area (Å²) in [7, 11) is 0. The standard InChI is InChI=1S/C20H16F3NO3/c1-2-12-5-4-8-15-16(10-24-18(12)15)17(25)11-27-19(26)13-6-3-7-14(9-13)20(21,22)23/h3-10,24H,2,11H2,1H3. The first-order chi connectivity index (χ1) is 12.8. The van der Waals surface area contributed by atoms with Gasteiger partial charge in [0.05, 0.1) is 11.1 Å². The van der Waals surface area contributed by atoms with Crippen molar-refractivity contribution in [1.82, 2.24) is 4.98 Å². The number of carbonyl (C=O) groups excluding carboxylic acids is 2. The molecule has 140 valence electrons. The zero-order chi connectivity index (χ0) is 19.6. The quantitative estimate of drug-likeness (QED) is 0.515. The average molecular weight is 375 g/mol. The molecule has 0 saturated heterocycles. The molecule has 3 aromatic rings. The Morgan fingerprint density at radius 1 is 1.11 bits per heavy atom. The van der Waals surface area contributed by atoms with Crippen molar-refractivity contribution in [3.63, 3.8) is 0 Å². The number of aromatic nitrogens is 1. The van der Waals surface area contributed by atoms with Gasteiger partial charge in [-0.3, -0.25) is 4.79 Å². The number of Topliss-reactive ketones (excluding diaryl/α,β-unsaturated/α-hetero) is 1. The third kappa shape index (κ3) is 3.86. The van der Waals surface area contributed by atoms with Crippen LogP contribution in [0.4, 0.5) is 13.2 Å². The van der Waals surface area contributed by atoms with Crippen molar-refractivity contribution >= 4 is 22.7 Å². The van der Waals surface area contributed by atoms with Crippen molar-refractivity contribution in [1.29, 1.82) is 0 Å². The van der Waals surface area contributed by atoms with Crippen molar-refractivity contribution in [3.8, 4) is 0 Å². The third-order valence-corrected chi connectivity index (χ3v) is 4.24. The second-order valence-electron chi connectivity index (χ2n) is 5.97. The second-order valence-corrected chi connectivity index (χ2v) is 5.97. The summed E-state index contributed by atoms with van der Waals surface area (Å²) in [6, 6.07) is 9.45. The van der Waals surface area contributed by atoms with E-state index in [0.29, 0.717) is 11.6 Å². The number of para-hydroxylation sites is 1. The molecule has 2 aromatic carbocycles. The lowest BCUT2D eigenvalue weighted by Crippen LogP contribution is -2.15. The molecule has 1 aromatic heterocycles. The highest BCUT2D eigenvalue weighted by Gasteiger charge is 2.31. The molecule has 1 heterocycles. The number of benzene rings is 2. The molecule has 27 heavy (non-hydrogen) atoms. The van der Waals surface area contributed by atoms with Crippen molar-refractivity contribution in [2.45, 2.75) is 19.5 Å². The number of aromatic amines is 1. The molecule has 0 bridgehead atoms. The van der Waals surface area contributed by atoms with Crippen LogP contribution in [0.2, 0.25) is 0 Å². The minimum absolute atomic E-state index is 0.259. The number of ketones is 1. The number of alkyl halides is 3. The molecule has 0 radical (unpaired) electrons. The number of halogens is 3. The van der Waals surface area contributed by atoms with Gasteiger partial charge in [-0.25, -0.2) is 4.79 Å². The van der Waals surface area contributed by atoms with Gasteiger partial charge in [0.2, 0.25) is 5.78 Å². The maximum atomic E-state index is 12.7. The van der Waals surface area contributed by atoms with Crippen LogP contribution >= 0.6 is 0 Å². The monoisotopic (exact) mass is 375 g/mol. The van der Waals surface area contributed by atoms with Gasteiger partial charge < -0.3 is 9.72 Å². The van der Waals surface area contributed by atoms with Crippen LogP contribution in [0.25, 0.3) is 10.9 Å². The van der Waals surface area contributed by atoms with Gasteiger partial charge in [0, 0.05) is 22.7 Å². The number of ether oxygens (including phenoxy) is 1. The van der Waals surface area contributed by atoms with Crippen LogP contribution in [0.5, 0.6) is 0 Å². The lowest BCUT2D eigenvalue weighted by atomic mass is 10.1. The second kappa shape index (κ2) is 7.26. The molecule has 3 rings (SSSR count). The predicted molar refractivity (Wildman–Crippen MR) is 93.7 cm³/mol. The van der Waals surface area contributed by atoms with Gasteiger partial charge in [-0.2, -0.15) is 13.2 Å². The van der Waals surface area contributed by atoms with E-state index < -0.39 is 30.1 Å². The van der Waals surface area contributed by atoms with E-state index in [9.17, 15) is 22.8 Å². The Balaban J connectivity index is 1.74. The Labute approximate surface area is 153 Å². The Morgan fingerprint density at radius 3 is 2.56 bits per heavy atom. The smallest absolute Gasteiger partial charge is 0.416 e. The summed E-state index contributed by atoms with van der Waals surface area (Å²) in [5, 5.41) is 0.717. The van der Waals surface area contributed by atoms with Gasteiger partial charge in [-0.15, -0.1) is 0 Å². The number of nitrogens with one attached hydrogen (secondary N) is 1. The number of fused-ring (bicyclic) bond motifs is 1. The summed E-state index contributed by atoms with van der Waals surface area (Å²) >= 11 is 0. The van der Waals surface area contributed by atoms with Gasteiger partial charge in [0.15, 0.2) is 6.61 Å². The molecular formula is C20H16F3NO3. The van der Waals surface area contributed by atoms with Crippen LogP contribution in [-0.2, 0) is 17.3 Å². The molecule has 0 spiro atoms. The van der Waals surface area contributed by atoms with Gasteiger partial charge in [-0.05, 0) is 30.2 Å². The lowest BCUT2D eigenvalue weighted by molar-refractivity contribution is -0.137. The molecule has 0 aliphatic carbocycles. The van der Waals surface area contributed by atoms with Gasteiger partial charge in [0.1, 0.15) is 0 Å². The van der Waals surface area contributed by atoms with Crippen LogP contribution < -0.4 is 0 Å². The molecule has 4 nitrogen and oxygen atoms in total. The zero-order valence-corrected chi connectivity index (χ0v) is 14.4. The number of carbonyl (C=O) groups is 2. The van der Waals surface area contributed by atoms with E-state index in [2.05, 4.69) is 4.98 Å². The minimum atomic E-state index is -4.56. The highest BCUT2D eigenvalue weighted by atomic mass is 19.4. The molecule has 0 aliphatic rings. The first-order valence-corrected chi connectivity index (χ1v) is 8.27. The van der Waals surface area contributed by atoms with Crippen molar-refractivity contribution in [2.75, 3.05) is 6.61 Å². The first kappa shape index (κ1) is 18.7. The van der Waals surface area contributed by atoms with E-state index in [1.54, 1.807) is 12.3 Å². The number of esters is 1. The maximum absolute atomic E-state index is 12.7. The Hall–Kier alpha value is -3.09. The summed E-state index contributed by atoms with van der Waals surface area (Å²) in [5.41, 5.74) is 1.05. The highest BCUT2D eigenvalue weighted by Crippen LogP contribution is 2.29. The number of rotatable bonds is 5. The fraction of sp³-hybridized carbons (Fsp3) is 0.200. The fourth-order valence-electron chi connectivity index (χ4n) is 2.86. The van der Waals surface area contributed by atoms with Gasteiger partial charge in [0.25, 0.3) is 0 Å². The van der Waals surface area contributed by atoms with Gasteiger partial charge >= 0.3 is 12.1 Å². The van der Waals surface area contributed by atoms with Crippen LogP contribution in [0.3, 0.4) is 0 Å². The van der Waals surface area contributed by atoms with Crippen LogP contribution in [0.15, 0.2) is 48.7 Å². The van der Waals surface area contributed by atoms with Crippen LogP contribution in [-0.4, -0.2) is 23.3 Å². The SMILES string of the molecule is CCc1cccc2c(C(=O)COC(=O)c3cccc(C(F)(F)F)c3)c[nH]c12. The fourth-order valence-corrected chi connectivity index (χ4v) is 2.86. The van der Waals surface area contributed by atoms with Crippen molar-refractivity contribution in [3.05, 3.63) is 70.9 Å². The molecule has 1 N–H and O–H groups in total. The largest absolute Gasteiger partial charge is 0.454 e. The van der Waals surface area contributed by atoms with E-state index in [1.807, 2.05) is 19.1 Å². The first-order valence-electron chi connectivity index (χ1n) is 8.27. The Morgan fingerprint density at radius 2 is 1.85 bits per heavy atom. The van der Waals surface area contributed by atoms with E-state index >= 15 is 0 Å². The van der Waals surface area contributed by atoms with Crippen molar-refractivity contribution < 1.29 is 27.5 Å². The van der Waals surface area contributed by atoms with E-state index in [4.69, 9.17) is 4.74 Å². The molecule has 0 amide bonds. The molecule has 0 unspecified atom stereocenters. The molecule has 0 saturated carbocycles.